The van der Waals surface area contributed by atoms with E-state index < -0.39 is 0 Å². The topological polar surface area (TPSA) is 28.2 Å². The van der Waals surface area contributed by atoms with Gasteiger partial charge in [0.05, 0.1) is 0 Å². The molecule has 18 heavy (non-hydrogen) atoms. The lowest BCUT2D eigenvalue weighted by atomic mass is 9.78. The molecule has 2 saturated heterocycles. The predicted molar refractivity (Wildman–Crippen MR) is 75.9 cm³/mol. The van der Waals surface area contributed by atoms with Crippen molar-refractivity contribution in [3.05, 3.63) is 30.1 Å². The van der Waals surface area contributed by atoms with Gasteiger partial charge in [-0.05, 0) is 55.9 Å². The molecule has 2 fully saturated rings. The summed E-state index contributed by atoms with van der Waals surface area (Å²) in [5.41, 5.74) is 1.96. The molecule has 0 bridgehead atoms. The van der Waals surface area contributed by atoms with Crippen molar-refractivity contribution in [2.24, 2.45) is 5.41 Å². The molecule has 1 aromatic heterocycles. The minimum absolute atomic E-state index is 0. The summed E-state index contributed by atoms with van der Waals surface area (Å²) in [7, 11) is 0. The lowest BCUT2D eigenvalue weighted by molar-refractivity contribution is 0.194. The summed E-state index contributed by atoms with van der Waals surface area (Å²) in [4.78, 5) is 6.79. The Labute approximate surface area is 115 Å². The van der Waals surface area contributed by atoms with E-state index in [9.17, 15) is 0 Å². The van der Waals surface area contributed by atoms with E-state index in [0.717, 1.165) is 6.54 Å². The summed E-state index contributed by atoms with van der Waals surface area (Å²) in [6.07, 6.45) is 7.94. The monoisotopic (exact) mass is 267 g/mol. The Morgan fingerprint density at radius 1 is 1.28 bits per heavy atom. The van der Waals surface area contributed by atoms with E-state index >= 15 is 0 Å². The molecule has 0 saturated carbocycles. The zero-order chi connectivity index (χ0) is 11.6. The average molecular weight is 268 g/mol. The van der Waals surface area contributed by atoms with Gasteiger partial charge in [0.2, 0.25) is 0 Å². The molecule has 0 radical (unpaired) electrons. The first kappa shape index (κ1) is 13.8. The summed E-state index contributed by atoms with van der Waals surface area (Å²) in [6, 6.07) is 4.21. The van der Waals surface area contributed by atoms with E-state index in [1.807, 2.05) is 18.5 Å². The quantitative estimate of drug-likeness (QED) is 0.889. The fraction of sp³-hybridized carbons (Fsp3) is 0.643. The molecule has 1 aromatic rings. The van der Waals surface area contributed by atoms with Gasteiger partial charge in [-0.25, -0.2) is 0 Å². The Balaban J connectivity index is 0.00000120. The largest absolute Gasteiger partial charge is 0.317 e. The summed E-state index contributed by atoms with van der Waals surface area (Å²) in [5.74, 6) is 0. The van der Waals surface area contributed by atoms with Crippen LogP contribution >= 0.6 is 12.4 Å². The number of hydrogen-bond acceptors (Lipinski definition) is 3. The van der Waals surface area contributed by atoms with E-state index in [0.29, 0.717) is 5.41 Å². The van der Waals surface area contributed by atoms with E-state index in [1.165, 1.54) is 51.0 Å². The van der Waals surface area contributed by atoms with Crippen LogP contribution in [-0.2, 0) is 6.54 Å². The summed E-state index contributed by atoms with van der Waals surface area (Å²) in [6.45, 7) is 6.03. The van der Waals surface area contributed by atoms with Crippen LogP contribution in [0.4, 0.5) is 0 Å². The van der Waals surface area contributed by atoms with Crippen LogP contribution in [0, 0.1) is 5.41 Å². The van der Waals surface area contributed by atoms with Gasteiger partial charge in [-0.2, -0.15) is 0 Å². The van der Waals surface area contributed by atoms with Gasteiger partial charge in [-0.1, -0.05) is 6.07 Å². The smallest absolute Gasteiger partial charge is 0.0312 e. The van der Waals surface area contributed by atoms with E-state index in [-0.39, 0.29) is 12.4 Å². The SMILES string of the molecule is Cl.c1cncc(CN2CCC3(CCNCC3)C2)c1. The number of rotatable bonds is 2. The average Bonchev–Trinajstić information content (AvgIpc) is 2.74. The fourth-order valence-corrected chi connectivity index (χ4v) is 3.28. The van der Waals surface area contributed by atoms with E-state index in [1.54, 1.807) is 0 Å². The van der Waals surface area contributed by atoms with Crippen molar-refractivity contribution in [2.45, 2.75) is 25.8 Å². The first-order chi connectivity index (χ1) is 8.36. The fourth-order valence-electron chi connectivity index (χ4n) is 3.28. The highest BCUT2D eigenvalue weighted by atomic mass is 35.5. The Bertz CT molecular complexity index is 363. The van der Waals surface area contributed by atoms with Crippen molar-refractivity contribution in [1.29, 1.82) is 0 Å². The van der Waals surface area contributed by atoms with Gasteiger partial charge in [0.15, 0.2) is 0 Å². The molecule has 1 spiro atoms. The van der Waals surface area contributed by atoms with Gasteiger partial charge >= 0.3 is 0 Å². The molecule has 2 aliphatic heterocycles. The maximum atomic E-state index is 4.19. The zero-order valence-electron chi connectivity index (χ0n) is 10.8. The van der Waals surface area contributed by atoms with Gasteiger partial charge < -0.3 is 5.32 Å². The number of nitrogens with one attached hydrogen (secondary N) is 1. The molecule has 1 N–H and O–H groups in total. The third-order valence-corrected chi connectivity index (χ3v) is 4.31. The number of likely N-dealkylation sites (tertiary alicyclic amines) is 1. The number of aromatic nitrogens is 1. The van der Waals surface area contributed by atoms with E-state index in [2.05, 4.69) is 21.3 Å². The van der Waals surface area contributed by atoms with Crippen molar-refractivity contribution in [1.82, 2.24) is 15.2 Å². The summed E-state index contributed by atoms with van der Waals surface area (Å²) < 4.78 is 0. The van der Waals surface area contributed by atoms with Gasteiger partial charge in [-0.15, -0.1) is 12.4 Å². The number of pyridine rings is 1. The van der Waals surface area contributed by atoms with Crippen LogP contribution in [0.15, 0.2) is 24.5 Å². The van der Waals surface area contributed by atoms with Crippen LogP contribution in [0.1, 0.15) is 24.8 Å². The molecule has 3 rings (SSSR count). The van der Waals surface area contributed by atoms with Crippen LogP contribution in [0.2, 0.25) is 0 Å². The van der Waals surface area contributed by atoms with Crippen LogP contribution in [0.3, 0.4) is 0 Å². The summed E-state index contributed by atoms with van der Waals surface area (Å²) in [5, 5.41) is 3.47. The molecule has 2 aliphatic rings. The van der Waals surface area contributed by atoms with Crippen LogP contribution in [0.5, 0.6) is 0 Å². The molecule has 3 nitrogen and oxygen atoms in total. The van der Waals surface area contributed by atoms with Crippen molar-refractivity contribution >= 4 is 12.4 Å². The van der Waals surface area contributed by atoms with Gasteiger partial charge in [0.1, 0.15) is 0 Å². The van der Waals surface area contributed by atoms with Gasteiger partial charge in [0.25, 0.3) is 0 Å². The maximum Gasteiger partial charge on any atom is 0.0312 e. The second kappa shape index (κ2) is 6.00. The lowest BCUT2D eigenvalue weighted by Crippen LogP contribution is -2.38. The highest BCUT2D eigenvalue weighted by Gasteiger charge is 2.38. The van der Waals surface area contributed by atoms with Gasteiger partial charge in [-0.3, -0.25) is 9.88 Å². The molecule has 0 aromatic carbocycles. The zero-order valence-corrected chi connectivity index (χ0v) is 11.6. The molecule has 100 valence electrons. The molecule has 0 aliphatic carbocycles. The van der Waals surface area contributed by atoms with Gasteiger partial charge in [0, 0.05) is 25.5 Å². The summed E-state index contributed by atoms with van der Waals surface area (Å²) >= 11 is 0. The molecular weight excluding hydrogens is 246 g/mol. The normalized spacial score (nSPS) is 22.9. The van der Waals surface area contributed by atoms with Crippen molar-refractivity contribution in [3.63, 3.8) is 0 Å². The molecule has 0 amide bonds. The molecule has 0 unspecified atom stereocenters. The number of hydrogen-bond donors (Lipinski definition) is 1. The first-order valence-electron chi connectivity index (χ1n) is 6.68. The minimum Gasteiger partial charge on any atom is -0.317 e. The maximum absolute atomic E-state index is 4.19. The van der Waals surface area contributed by atoms with Crippen molar-refractivity contribution in [2.75, 3.05) is 26.2 Å². The predicted octanol–water partition coefficient (Wildman–Crippen LogP) is 2.08. The molecule has 3 heterocycles. The minimum atomic E-state index is 0. The van der Waals surface area contributed by atoms with Crippen LogP contribution in [0.25, 0.3) is 0 Å². The van der Waals surface area contributed by atoms with E-state index in [4.69, 9.17) is 0 Å². The number of halogens is 1. The third-order valence-electron chi connectivity index (χ3n) is 4.31. The third kappa shape index (κ3) is 3.02. The molecule has 0 atom stereocenters. The Morgan fingerprint density at radius 2 is 2.11 bits per heavy atom. The number of piperidine rings is 1. The Hall–Kier alpha value is -0.640. The Morgan fingerprint density at radius 3 is 2.83 bits per heavy atom. The van der Waals surface area contributed by atoms with Crippen LogP contribution in [-0.4, -0.2) is 36.1 Å². The van der Waals surface area contributed by atoms with Crippen molar-refractivity contribution < 1.29 is 0 Å². The first-order valence-corrected chi connectivity index (χ1v) is 6.68. The van der Waals surface area contributed by atoms with Crippen LogP contribution < -0.4 is 5.32 Å². The van der Waals surface area contributed by atoms with Crippen molar-refractivity contribution in [3.8, 4) is 0 Å². The molecule has 4 heteroatoms. The Kier molecular flexibility index (Phi) is 4.60. The molecular formula is C14H22ClN3. The number of nitrogens with zero attached hydrogens (tertiary/aromatic N) is 2. The lowest BCUT2D eigenvalue weighted by Gasteiger charge is -2.33. The second-order valence-corrected chi connectivity index (χ2v) is 5.57. The second-order valence-electron chi connectivity index (χ2n) is 5.57. The highest BCUT2D eigenvalue weighted by Crippen LogP contribution is 2.38. The standard InChI is InChI=1S/C14H21N3.ClH/c1-2-13(10-16-6-1)11-17-9-5-14(12-17)3-7-15-8-4-14;/h1-2,6,10,15H,3-5,7-9,11-12H2;1H. The highest BCUT2D eigenvalue weighted by molar-refractivity contribution is 5.85.